The molecule has 1 fully saturated rings. The fraction of sp³-hybridized carbons (Fsp3) is 0.467. The predicted octanol–water partition coefficient (Wildman–Crippen LogP) is 1.95. The largest absolute Gasteiger partial charge is 0.507 e. The number of phenols is 1. The van der Waals surface area contributed by atoms with Gasteiger partial charge in [-0.05, 0) is 31.9 Å². The summed E-state index contributed by atoms with van der Waals surface area (Å²) in [6, 6.07) is 3.32. The maximum Gasteiger partial charge on any atom is 0.309 e. The Kier molecular flexibility index (Phi) is 4.77. The van der Waals surface area contributed by atoms with Crippen molar-refractivity contribution in [2.24, 2.45) is 5.92 Å². The van der Waals surface area contributed by atoms with Crippen molar-refractivity contribution >= 4 is 11.9 Å². The molecule has 6 heteroatoms. The molecule has 1 aliphatic heterocycles. The van der Waals surface area contributed by atoms with E-state index in [1.54, 1.807) is 11.8 Å². The maximum absolute atomic E-state index is 12.9. The van der Waals surface area contributed by atoms with Crippen LogP contribution in [0.4, 0.5) is 4.39 Å². The number of esters is 1. The molecule has 1 aromatic rings. The highest BCUT2D eigenvalue weighted by Crippen LogP contribution is 2.24. The van der Waals surface area contributed by atoms with Crippen molar-refractivity contribution in [3.05, 3.63) is 29.6 Å². The third-order valence-electron chi connectivity index (χ3n) is 3.59. The first-order valence-corrected chi connectivity index (χ1v) is 6.97. The molecule has 1 amide bonds. The number of carbonyl (C=O) groups excluding carboxylic acids is 2. The molecule has 114 valence electrons. The lowest BCUT2D eigenvalue weighted by Crippen LogP contribution is -2.40. The fourth-order valence-electron chi connectivity index (χ4n) is 2.43. The van der Waals surface area contributed by atoms with Crippen molar-refractivity contribution in [1.29, 1.82) is 0 Å². The zero-order valence-corrected chi connectivity index (χ0v) is 11.8. The molecule has 1 N–H and O–H groups in total. The van der Waals surface area contributed by atoms with Gasteiger partial charge < -0.3 is 14.7 Å². The van der Waals surface area contributed by atoms with Crippen LogP contribution < -0.4 is 0 Å². The topological polar surface area (TPSA) is 66.8 Å². The van der Waals surface area contributed by atoms with E-state index >= 15 is 0 Å². The van der Waals surface area contributed by atoms with Gasteiger partial charge in [-0.25, -0.2) is 4.39 Å². The van der Waals surface area contributed by atoms with E-state index in [0.717, 1.165) is 12.1 Å². The fourth-order valence-corrected chi connectivity index (χ4v) is 2.43. The first kappa shape index (κ1) is 15.3. The Morgan fingerprint density at radius 2 is 2.05 bits per heavy atom. The molecule has 21 heavy (non-hydrogen) atoms. The molecule has 0 aliphatic carbocycles. The van der Waals surface area contributed by atoms with Crippen LogP contribution in [0.1, 0.15) is 30.1 Å². The van der Waals surface area contributed by atoms with Crippen molar-refractivity contribution in [3.8, 4) is 5.75 Å². The van der Waals surface area contributed by atoms with Crippen LogP contribution in [0.5, 0.6) is 5.75 Å². The number of ether oxygens (including phenoxy) is 1. The van der Waals surface area contributed by atoms with E-state index in [2.05, 4.69) is 0 Å². The second kappa shape index (κ2) is 6.56. The van der Waals surface area contributed by atoms with Crippen LogP contribution in [0.2, 0.25) is 0 Å². The Morgan fingerprint density at radius 1 is 1.38 bits per heavy atom. The summed E-state index contributed by atoms with van der Waals surface area (Å²) in [5, 5.41) is 9.64. The van der Waals surface area contributed by atoms with Gasteiger partial charge >= 0.3 is 5.97 Å². The SMILES string of the molecule is CCOC(=O)C1CCN(C(=O)c2ccc(F)cc2O)CC1. The number of amides is 1. The second-order valence-corrected chi connectivity index (χ2v) is 4.98. The Hall–Kier alpha value is -2.11. The molecular formula is C15H18FNO4. The molecule has 2 rings (SSSR count). The van der Waals surface area contributed by atoms with Gasteiger partial charge in [-0.15, -0.1) is 0 Å². The van der Waals surface area contributed by atoms with Gasteiger partial charge in [0.1, 0.15) is 11.6 Å². The Balaban J connectivity index is 1.98. The average molecular weight is 295 g/mol. The number of halogens is 1. The average Bonchev–Trinajstić information content (AvgIpc) is 2.47. The lowest BCUT2D eigenvalue weighted by molar-refractivity contribution is -0.149. The third kappa shape index (κ3) is 3.51. The Bertz CT molecular complexity index is 538. The minimum Gasteiger partial charge on any atom is -0.507 e. The van der Waals surface area contributed by atoms with Gasteiger partial charge in [0.05, 0.1) is 18.1 Å². The number of likely N-dealkylation sites (tertiary alicyclic amines) is 1. The van der Waals surface area contributed by atoms with Crippen LogP contribution in [0.3, 0.4) is 0 Å². The first-order chi connectivity index (χ1) is 10.0. The number of phenolic OH excluding ortho intramolecular Hbond substituents is 1. The summed E-state index contributed by atoms with van der Waals surface area (Å²) in [5.41, 5.74) is 0.0750. The van der Waals surface area contributed by atoms with E-state index in [9.17, 15) is 19.1 Å². The lowest BCUT2D eigenvalue weighted by atomic mass is 9.96. The molecule has 1 aliphatic rings. The smallest absolute Gasteiger partial charge is 0.309 e. The summed E-state index contributed by atoms with van der Waals surface area (Å²) in [6.07, 6.45) is 1.07. The number of benzene rings is 1. The summed E-state index contributed by atoms with van der Waals surface area (Å²) in [4.78, 5) is 25.4. The number of aromatic hydroxyl groups is 1. The molecule has 0 atom stereocenters. The summed E-state index contributed by atoms with van der Waals surface area (Å²) >= 11 is 0. The highest BCUT2D eigenvalue weighted by Gasteiger charge is 2.29. The quantitative estimate of drug-likeness (QED) is 0.865. The molecule has 1 saturated heterocycles. The van der Waals surface area contributed by atoms with Gasteiger partial charge in [0.15, 0.2) is 0 Å². The molecule has 5 nitrogen and oxygen atoms in total. The molecule has 0 spiro atoms. The van der Waals surface area contributed by atoms with E-state index in [1.807, 2.05) is 0 Å². The number of carbonyl (C=O) groups is 2. The van der Waals surface area contributed by atoms with Crippen molar-refractivity contribution in [2.75, 3.05) is 19.7 Å². The van der Waals surface area contributed by atoms with Crippen molar-refractivity contribution in [1.82, 2.24) is 4.90 Å². The third-order valence-corrected chi connectivity index (χ3v) is 3.59. The maximum atomic E-state index is 12.9. The van der Waals surface area contributed by atoms with Crippen LogP contribution in [0.15, 0.2) is 18.2 Å². The first-order valence-electron chi connectivity index (χ1n) is 6.97. The van der Waals surface area contributed by atoms with Crippen LogP contribution in [-0.2, 0) is 9.53 Å². The van der Waals surface area contributed by atoms with Gasteiger partial charge in [-0.3, -0.25) is 9.59 Å². The molecule has 0 bridgehead atoms. The molecule has 0 aromatic heterocycles. The minimum absolute atomic E-state index is 0.0750. The predicted molar refractivity (Wildman–Crippen MR) is 73.3 cm³/mol. The normalized spacial score (nSPS) is 15.8. The standard InChI is InChI=1S/C15H18FNO4/c1-2-21-15(20)10-5-7-17(8-6-10)14(19)12-4-3-11(16)9-13(12)18/h3-4,9-10,18H,2,5-8H2,1H3. The monoisotopic (exact) mass is 295 g/mol. The van der Waals surface area contributed by atoms with Crippen molar-refractivity contribution in [3.63, 3.8) is 0 Å². The van der Waals surface area contributed by atoms with Gasteiger partial charge in [0, 0.05) is 19.2 Å². The molecule has 1 aromatic carbocycles. The number of hydrogen-bond donors (Lipinski definition) is 1. The minimum atomic E-state index is -0.593. The zero-order valence-electron chi connectivity index (χ0n) is 11.8. The van der Waals surface area contributed by atoms with E-state index in [1.165, 1.54) is 6.07 Å². The summed E-state index contributed by atoms with van der Waals surface area (Å²) in [6.45, 7) is 2.94. The summed E-state index contributed by atoms with van der Waals surface area (Å²) < 4.78 is 17.9. The molecule has 1 heterocycles. The Morgan fingerprint density at radius 3 is 2.62 bits per heavy atom. The highest BCUT2D eigenvalue weighted by molar-refractivity contribution is 5.97. The summed E-state index contributed by atoms with van der Waals surface area (Å²) in [5.74, 6) is -1.72. The number of rotatable bonds is 3. The van der Waals surface area contributed by atoms with E-state index in [4.69, 9.17) is 4.74 Å². The Labute approximate surface area is 122 Å². The number of nitrogens with zero attached hydrogens (tertiary/aromatic N) is 1. The van der Waals surface area contributed by atoms with Crippen molar-refractivity contribution in [2.45, 2.75) is 19.8 Å². The van der Waals surface area contributed by atoms with Crippen molar-refractivity contribution < 1.29 is 23.8 Å². The van der Waals surface area contributed by atoms with E-state index in [0.29, 0.717) is 32.5 Å². The van der Waals surface area contributed by atoms with Gasteiger partial charge in [-0.1, -0.05) is 0 Å². The van der Waals surface area contributed by atoms with Crippen LogP contribution in [-0.4, -0.2) is 41.6 Å². The summed E-state index contributed by atoms with van der Waals surface area (Å²) in [7, 11) is 0. The molecule has 0 radical (unpaired) electrons. The van der Waals surface area contributed by atoms with Crippen LogP contribution >= 0.6 is 0 Å². The van der Waals surface area contributed by atoms with E-state index in [-0.39, 0.29) is 29.1 Å². The van der Waals surface area contributed by atoms with Gasteiger partial charge in [0.25, 0.3) is 5.91 Å². The zero-order chi connectivity index (χ0) is 15.4. The molecule has 0 saturated carbocycles. The highest BCUT2D eigenvalue weighted by atomic mass is 19.1. The molecule has 0 unspecified atom stereocenters. The van der Waals surface area contributed by atoms with E-state index < -0.39 is 5.82 Å². The number of hydrogen-bond acceptors (Lipinski definition) is 4. The van der Waals surface area contributed by atoms with Crippen LogP contribution in [0, 0.1) is 11.7 Å². The van der Waals surface area contributed by atoms with Gasteiger partial charge in [-0.2, -0.15) is 0 Å². The lowest BCUT2D eigenvalue weighted by Gasteiger charge is -2.31. The van der Waals surface area contributed by atoms with Gasteiger partial charge in [0.2, 0.25) is 0 Å². The number of piperidine rings is 1. The molecular weight excluding hydrogens is 277 g/mol. The second-order valence-electron chi connectivity index (χ2n) is 4.98. The van der Waals surface area contributed by atoms with Crippen LogP contribution in [0.25, 0.3) is 0 Å².